The van der Waals surface area contributed by atoms with Gasteiger partial charge in [-0.25, -0.2) is 13.1 Å². The van der Waals surface area contributed by atoms with Gasteiger partial charge in [0.1, 0.15) is 0 Å². The van der Waals surface area contributed by atoms with E-state index in [-0.39, 0.29) is 6.61 Å². The summed E-state index contributed by atoms with van der Waals surface area (Å²) in [5.41, 5.74) is -0.605. The van der Waals surface area contributed by atoms with Crippen molar-refractivity contribution in [3.05, 3.63) is 47.0 Å². The van der Waals surface area contributed by atoms with Gasteiger partial charge in [0.2, 0.25) is 10.0 Å². The maximum absolute atomic E-state index is 12.4. The van der Waals surface area contributed by atoms with Gasteiger partial charge in [-0.1, -0.05) is 18.2 Å². The van der Waals surface area contributed by atoms with E-state index >= 15 is 0 Å². The minimum absolute atomic E-state index is 0.140. The summed E-state index contributed by atoms with van der Waals surface area (Å²) in [7, 11) is -3.20. The van der Waals surface area contributed by atoms with E-state index in [1.54, 1.807) is 6.08 Å². The topological polar surface area (TPSA) is 142 Å². The monoisotopic (exact) mass is 414 g/mol. The van der Waals surface area contributed by atoms with E-state index in [2.05, 4.69) is 16.0 Å². The average molecular weight is 414 g/mol. The SMILES string of the molecule is C=CCCCOC(=O)C[C@@H](CNS(=O)(=O)c1ccccc1[N+](=O)[O-])C(=O)OC. The molecule has 0 bridgehead atoms. The van der Waals surface area contributed by atoms with Gasteiger partial charge in [-0.15, -0.1) is 6.58 Å². The van der Waals surface area contributed by atoms with Crippen LogP contribution in [0, 0.1) is 16.0 Å². The molecular weight excluding hydrogens is 392 g/mol. The van der Waals surface area contributed by atoms with Crippen molar-refractivity contribution in [3.8, 4) is 0 Å². The summed E-state index contributed by atoms with van der Waals surface area (Å²) in [5.74, 6) is -2.65. The molecule has 0 aliphatic heterocycles. The molecule has 1 rings (SSSR count). The molecule has 1 N–H and O–H groups in total. The van der Waals surface area contributed by atoms with E-state index < -0.39 is 56.4 Å². The van der Waals surface area contributed by atoms with Crippen molar-refractivity contribution < 1.29 is 32.4 Å². The summed E-state index contributed by atoms with van der Waals surface area (Å²) < 4.78 is 36.5. The molecule has 0 unspecified atom stereocenters. The number of allylic oxidation sites excluding steroid dienone is 1. The smallest absolute Gasteiger partial charge is 0.310 e. The van der Waals surface area contributed by atoms with Crippen LogP contribution >= 0.6 is 0 Å². The number of nitro groups is 1. The second-order valence-corrected chi connectivity index (χ2v) is 7.39. The van der Waals surface area contributed by atoms with Crippen LogP contribution in [0.3, 0.4) is 0 Å². The molecule has 0 saturated heterocycles. The van der Waals surface area contributed by atoms with Gasteiger partial charge in [-0.05, 0) is 18.9 Å². The number of nitro benzene ring substituents is 1. The van der Waals surface area contributed by atoms with Gasteiger partial charge in [0.15, 0.2) is 4.90 Å². The van der Waals surface area contributed by atoms with Gasteiger partial charge in [0, 0.05) is 12.6 Å². The highest BCUT2D eigenvalue weighted by atomic mass is 32.2. The number of sulfonamides is 1. The van der Waals surface area contributed by atoms with Crippen molar-refractivity contribution in [2.45, 2.75) is 24.2 Å². The van der Waals surface area contributed by atoms with Gasteiger partial charge in [0.25, 0.3) is 5.69 Å². The van der Waals surface area contributed by atoms with Crippen LogP contribution in [0.25, 0.3) is 0 Å². The molecule has 10 nitrogen and oxygen atoms in total. The number of hydrogen-bond acceptors (Lipinski definition) is 8. The van der Waals surface area contributed by atoms with Crippen molar-refractivity contribution in [1.82, 2.24) is 4.72 Å². The Morgan fingerprint density at radius 3 is 2.64 bits per heavy atom. The second kappa shape index (κ2) is 11.1. The van der Waals surface area contributed by atoms with Crippen molar-refractivity contribution in [2.75, 3.05) is 20.3 Å². The minimum Gasteiger partial charge on any atom is -0.469 e. The quantitative estimate of drug-likeness (QED) is 0.178. The number of hydrogen-bond donors (Lipinski definition) is 1. The molecule has 11 heteroatoms. The minimum atomic E-state index is -4.30. The fraction of sp³-hybridized carbons (Fsp3) is 0.412. The Kier molecular flexibility index (Phi) is 9.25. The highest BCUT2D eigenvalue weighted by Crippen LogP contribution is 2.23. The molecule has 1 atom stereocenters. The maximum Gasteiger partial charge on any atom is 0.310 e. The van der Waals surface area contributed by atoms with E-state index in [1.165, 1.54) is 12.1 Å². The number of ether oxygens (including phenoxy) is 2. The number of methoxy groups -OCH3 is 1. The molecule has 0 heterocycles. The first kappa shape index (κ1) is 23.2. The average Bonchev–Trinajstić information content (AvgIpc) is 2.67. The van der Waals surface area contributed by atoms with E-state index in [4.69, 9.17) is 4.74 Å². The zero-order valence-electron chi connectivity index (χ0n) is 15.3. The number of nitrogens with one attached hydrogen (secondary N) is 1. The third-order valence-corrected chi connectivity index (χ3v) is 5.11. The molecule has 154 valence electrons. The number of esters is 2. The van der Waals surface area contributed by atoms with Crippen LogP contribution < -0.4 is 4.72 Å². The first-order valence-electron chi connectivity index (χ1n) is 8.30. The lowest BCUT2D eigenvalue weighted by Gasteiger charge is -2.15. The Balaban J connectivity index is 2.82. The van der Waals surface area contributed by atoms with Gasteiger partial charge in [-0.2, -0.15) is 0 Å². The summed E-state index contributed by atoms with van der Waals surface area (Å²) in [6.07, 6.45) is 2.49. The van der Waals surface area contributed by atoms with Gasteiger partial charge in [0.05, 0.1) is 31.0 Å². The number of carbonyl (C=O) groups excluding carboxylic acids is 2. The van der Waals surface area contributed by atoms with Crippen LogP contribution in [-0.4, -0.2) is 45.5 Å². The van der Waals surface area contributed by atoms with E-state index in [9.17, 15) is 28.1 Å². The molecule has 0 aliphatic rings. The van der Waals surface area contributed by atoms with Crippen LogP contribution in [0.5, 0.6) is 0 Å². The lowest BCUT2D eigenvalue weighted by Crippen LogP contribution is -2.35. The van der Waals surface area contributed by atoms with Crippen molar-refractivity contribution in [2.24, 2.45) is 5.92 Å². The summed E-state index contributed by atoms with van der Waals surface area (Å²) in [4.78, 5) is 33.4. The zero-order chi connectivity index (χ0) is 21.2. The van der Waals surface area contributed by atoms with Crippen LogP contribution in [0.1, 0.15) is 19.3 Å². The second-order valence-electron chi connectivity index (χ2n) is 5.65. The predicted octanol–water partition coefficient (Wildman–Crippen LogP) is 1.56. The van der Waals surface area contributed by atoms with E-state index in [0.717, 1.165) is 19.2 Å². The van der Waals surface area contributed by atoms with Crippen molar-refractivity contribution in [1.29, 1.82) is 0 Å². The summed E-state index contributed by atoms with van der Waals surface area (Å²) >= 11 is 0. The highest BCUT2D eigenvalue weighted by molar-refractivity contribution is 7.89. The Hall–Kier alpha value is -2.79. The molecule has 0 radical (unpaired) electrons. The Morgan fingerprint density at radius 2 is 2.04 bits per heavy atom. The summed E-state index contributed by atoms with van der Waals surface area (Å²) in [5, 5.41) is 11.0. The molecule has 0 fully saturated rings. The van der Waals surface area contributed by atoms with Crippen LogP contribution in [0.2, 0.25) is 0 Å². The third kappa shape index (κ3) is 7.08. The zero-order valence-corrected chi connectivity index (χ0v) is 16.1. The Labute approximate surface area is 162 Å². The number of carbonyl (C=O) groups is 2. The molecule has 0 spiro atoms. The molecule has 1 aromatic carbocycles. The van der Waals surface area contributed by atoms with Gasteiger partial charge in [-0.3, -0.25) is 19.7 Å². The number of unbranched alkanes of at least 4 members (excludes halogenated alkanes) is 1. The highest BCUT2D eigenvalue weighted by Gasteiger charge is 2.29. The lowest BCUT2D eigenvalue weighted by atomic mass is 10.1. The molecule has 0 aliphatic carbocycles. The van der Waals surface area contributed by atoms with Crippen LogP contribution in [0.15, 0.2) is 41.8 Å². The standard InChI is InChI=1S/C17H22N2O8S/c1-3-4-7-10-27-16(20)11-13(17(21)26-2)12-18-28(24,25)15-9-6-5-8-14(15)19(22)23/h3,5-6,8-9,13,18H,1,4,7,10-12H2,2H3/t13-/m0/s1. The molecule has 0 aromatic heterocycles. The Bertz CT molecular complexity index is 822. The van der Waals surface area contributed by atoms with E-state index in [1.807, 2.05) is 0 Å². The first-order chi connectivity index (χ1) is 13.2. The molecular formula is C17H22N2O8S. The number of para-hydroxylation sites is 1. The fourth-order valence-corrected chi connectivity index (χ4v) is 3.45. The summed E-state index contributed by atoms with van der Waals surface area (Å²) in [6.45, 7) is 3.20. The molecule has 0 amide bonds. The number of nitrogens with zero attached hydrogens (tertiary/aromatic N) is 1. The first-order valence-corrected chi connectivity index (χ1v) is 9.78. The van der Waals surface area contributed by atoms with Gasteiger partial charge >= 0.3 is 11.9 Å². The summed E-state index contributed by atoms with van der Waals surface area (Å²) in [6, 6.07) is 4.78. The molecule has 1 aromatic rings. The van der Waals surface area contributed by atoms with E-state index in [0.29, 0.717) is 12.8 Å². The maximum atomic E-state index is 12.4. The fourth-order valence-electron chi connectivity index (χ4n) is 2.20. The van der Waals surface area contributed by atoms with Crippen molar-refractivity contribution in [3.63, 3.8) is 0 Å². The lowest BCUT2D eigenvalue weighted by molar-refractivity contribution is -0.387. The number of rotatable bonds is 12. The largest absolute Gasteiger partial charge is 0.469 e. The Morgan fingerprint density at radius 1 is 1.36 bits per heavy atom. The molecule has 0 saturated carbocycles. The third-order valence-electron chi connectivity index (χ3n) is 3.63. The van der Waals surface area contributed by atoms with Crippen LogP contribution in [0.4, 0.5) is 5.69 Å². The van der Waals surface area contributed by atoms with Crippen molar-refractivity contribution >= 4 is 27.6 Å². The predicted molar refractivity (Wildman–Crippen MR) is 98.8 cm³/mol. The molecule has 28 heavy (non-hydrogen) atoms. The van der Waals surface area contributed by atoms with Crippen LogP contribution in [-0.2, 0) is 29.1 Å². The number of benzene rings is 1. The normalized spacial score (nSPS) is 12.0. The van der Waals surface area contributed by atoms with Gasteiger partial charge < -0.3 is 9.47 Å².